The van der Waals surface area contributed by atoms with E-state index in [0.717, 1.165) is 12.0 Å². The van der Waals surface area contributed by atoms with Gasteiger partial charge in [0, 0.05) is 11.4 Å². The number of ether oxygens (including phenoxy) is 2. The van der Waals surface area contributed by atoms with Crippen molar-refractivity contribution in [2.45, 2.75) is 11.3 Å². The Bertz CT molecular complexity index is 820. The fraction of sp³-hybridized carbons (Fsp3) is 0.200. The van der Waals surface area contributed by atoms with Crippen molar-refractivity contribution in [3.05, 3.63) is 47.0 Å². The highest BCUT2D eigenvalue weighted by Crippen LogP contribution is 2.36. The van der Waals surface area contributed by atoms with Gasteiger partial charge in [-0.2, -0.15) is 0 Å². The Labute approximate surface area is 133 Å². The molecule has 1 heterocycles. The van der Waals surface area contributed by atoms with Gasteiger partial charge in [-0.15, -0.1) is 0 Å². The lowest BCUT2D eigenvalue weighted by Crippen LogP contribution is -2.14. The highest BCUT2D eigenvalue weighted by atomic mass is 35.5. The average Bonchev–Trinajstić information content (AvgIpc) is 2.96. The topological polar surface area (TPSA) is 64.6 Å². The van der Waals surface area contributed by atoms with Crippen molar-refractivity contribution in [1.29, 1.82) is 0 Å². The van der Waals surface area contributed by atoms with Crippen LogP contribution in [0.4, 0.5) is 5.69 Å². The zero-order chi connectivity index (χ0) is 15.7. The van der Waals surface area contributed by atoms with Gasteiger partial charge in [-0.1, -0.05) is 23.7 Å². The summed E-state index contributed by atoms with van der Waals surface area (Å²) in [7, 11) is -2.43. The van der Waals surface area contributed by atoms with Gasteiger partial charge in [0.25, 0.3) is 10.0 Å². The predicted octanol–water partition coefficient (Wildman–Crippen LogP) is 3.08. The van der Waals surface area contributed by atoms with E-state index in [9.17, 15) is 8.42 Å². The van der Waals surface area contributed by atoms with Crippen molar-refractivity contribution >= 4 is 27.3 Å². The van der Waals surface area contributed by atoms with E-state index in [0.29, 0.717) is 23.1 Å². The largest absolute Gasteiger partial charge is 0.495 e. The lowest BCUT2D eigenvalue weighted by molar-refractivity contribution is 0.358. The quantitative estimate of drug-likeness (QED) is 0.929. The number of para-hydroxylation sites is 1. The number of hydrogen-bond donors (Lipinski definition) is 1. The zero-order valence-corrected chi connectivity index (χ0v) is 13.4. The molecule has 0 aromatic heterocycles. The summed E-state index contributed by atoms with van der Waals surface area (Å²) in [6.07, 6.45) is 0.769. The minimum atomic E-state index is -3.84. The molecule has 0 radical (unpaired) electrons. The van der Waals surface area contributed by atoms with Crippen molar-refractivity contribution in [3.8, 4) is 11.5 Å². The Morgan fingerprint density at radius 2 is 2.09 bits per heavy atom. The van der Waals surface area contributed by atoms with Gasteiger partial charge in [0.1, 0.15) is 16.4 Å². The second kappa shape index (κ2) is 5.70. The average molecular weight is 340 g/mol. The monoisotopic (exact) mass is 339 g/mol. The molecule has 1 aliphatic heterocycles. The van der Waals surface area contributed by atoms with Crippen molar-refractivity contribution in [1.82, 2.24) is 0 Å². The van der Waals surface area contributed by atoms with Crippen LogP contribution in [-0.2, 0) is 16.4 Å². The summed E-state index contributed by atoms with van der Waals surface area (Å²) in [5.41, 5.74) is 1.40. The van der Waals surface area contributed by atoms with Gasteiger partial charge in [0.15, 0.2) is 0 Å². The van der Waals surface area contributed by atoms with Gasteiger partial charge in [-0.3, -0.25) is 4.72 Å². The molecule has 22 heavy (non-hydrogen) atoms. The third-order valence-electron chi connectivity index (χ3n) is 3.37. The third-order valence-corrected chi connectivity index (χ3v) is 5.00. The fourth-order valence-corrected chi connectivity index (χ4v) is 3.85. The summed E-state index contributed by atoms with van der Waals surface area (Å²) in [4.78, 5) is -0.0156. The molecule has 116 valence electrons. The first kappa shape index (κ1) is 15.0. The molecule has 0 aliphatic carbocycles. The van der Waals surface area contributed by atoms with Gasteiger partial charge in [0.2, 0.25) is 0 Å². The molecule has 0 saturated carbocycles. The van der Waals surface area contributed by atoms with Crippen LogP contribution in [0.5, 0.6) is 11.5 Å². The second-order valence-electron chi connectivity index (χ2n) is 4.79. The van der Waals surface area contributed by atoms with Crippen molar-refractivity contribution in [3.63, 3.8) is 0 Å². The van der Waals surface area contributed by atoms with E-state index >= 15 is 0 Å². The van der Waals surface area contributed by atoms with Crippen LogP contribution >= 0.6 is 11.6 Å². The molecular weight excluding hydrogens is 326 g/mol. The van der Waals surface area contributed by atoms with Gasteiger partial charge in [-0.05, 0) is 29.8 Å². The Balaban J connectivity index is 2.02. The van der Waals surface area contributed by atoms with Crippen LogP contribution in [0.3, 0.4) is 0 Å². The number of anilines is 1. The summed E-state index contributed by atoms with van der Waals surface area (Å²) in [6, 6.07) is 9.82. The zero-order valence-electron chi connectivity index (χ0n) is 11.8. The highest BCUT2D eigenvalue weighted by molar-refractivity contribution is 7.92. The molecule has 0 unspecified atom stereocenters. The minimum absolute atomic E-state index is 0.0156. The smallest absolute Gasteiger partial charge is 0.265 e. The van der Waals surface area contributed by atoms with Gasteiger partial charge >= 0.3 is 0 Å². The third kappa shape index (κ3) is 2.71. The fourth-order valence-electron chi connectivity index (χ4n) is 2.36. The van der Waals surface area contributed by atoms with Gasteiger partial charge in [-0.25, -0.2) is 8.42 Å². The summed E-state index contributed by atoms with van der Waals surface area (Å²) in [6.45, 7) is 0.550. The van der Waals surface area contributed by atoms with Gasteiger partial charge in [0.05, 0.1) is 19.4 Å². The Morgan fingerprint density at radius 1 is 1.27 bits per heavy atom. The maximum atomic E-state index is 12.6. The molecule has 2 aromatic rings. The molecule has 0 saturated heterocycles. The standard InChI is InChI=1S/C15H14ClNO4S/c1-20-13-6-5-11(16)9-14(13)22(18,19)17-12-4-2-3-10-7-8-21-15(10)12/h2-6,9,17H,7-8H2,1H3. The summed E-state index contributed by atoms with van der Waals surface area (Å²) < 4.78 is 38.4. The van der Waals surface area contributed by atoms with Crippen LogP contribution < -0.4 is 14.2 Å². The van der Waals surface area contributed by atoms with Crippen LogP contribution in [0, 0.1) is 0 Å². The number of benzene rings is 2. The highest BCUT2D eigenvalue weighted by Gasteiger charge is 2.24. The molecule has 2 aromatic carbocycles. The van der Waals surface area contributed by atoms with E-state index in [-0.39, 0.29) is 10.6 Å². The van der Waals surface area contributed by atoms with Crippen molar-refractivity contribution < 1.29 is 17.9 Å². The Morgan fingerprint density at radius 3 is 2.86 bits per heavy atom. The maximum Gasteiger partial charge on any atom is 0.265 e. The number of halogens is 1. The molecule has 7 heteroatoms. The van der Waals surface area contributed by atoms with Crippen LogP contribution in [0.15, 0.2) is 41.3 Å². The Kier molecular flexibility index (Phi) is 3.88. The number of sulfonamides is 1. The number of hydrogen-bond acceptors (Lipinski definition) is 4. The number of methoxy groups -OCH3 is 1. The minimum Gasteiger partial charge on any atom is -0.495 e. The Hall–Kier alpha value is -1.92. The van der Waals surface area contributed by atoms with Crippen LogP contribution in [0.25, 0.3) is 0 Å². The van der Waals surface area contributed by atoms with Crippen LogP contribution in [0.2, 0.25) is 5.02 Å². The molecule has 5 nitrogen and oxygen atoms in total. The summed E-state index contributed by atoms with van der Waals surface area (Å²) in [5.74, 6) is 0.803. The van der Waals surface area contributed by atoms with Gasteiger partial charge < -0.3 is 9.47 Å². The van der Waals surface area contributed by atoms with Crippen LogP contribution in [-0.4, -0.2) is 22.1 Å². The lowest BCUT2D eigenvalue weighted by atomic mass is 10.1. The predicted molar refractivity (Wildman–Crippen MR) is 84.5 cm³/mol. The number of fused-ring (bicyclic) bond motifs is 1. The van der Waals surface area contributed by atoms with E-state index in [2.05, 4.69) is 4.72 Å². The van der Waals surface area contributed by atoms with Crippen molar-refractivity contribution in [2.75, 3.05) is 18.4 Å². The molecule has 0 bridgehead atoms. The lowest BCUT2D eigenvalue weighted by Gasteiger charge is -2.14. The molecule has 0 spiro atoms. The molecular formula is C15H14ClNO4S. The van der Waals surface area contributed by atoms with Crippen LogP contribution in [0.1, 0.15) is 5.56 Å². The van der Waals surface area contributed by atoms with E-state index in [1.807, 2.05) is 6.07 Å². The van der Waals surface area contributed by atoms with Crippen molar-refractivity contribution in [2.24, 2.45) is 0 Å². The second-order valence-corrected chi connectivity index (χ2v) is 6.88. The first-order chi connectivity index (χ1) is 10.5. The maximum absolute atomic E-state index is 12.6. The molecule has 3 rings (SSSR count). The SMILES string of the molecule is COc1ccc(Cl)cc1S(=O)(=O)Nc1cccc2c1OCC2. The summed E-state index contributed by atoms with van der Waals surface area (Å²) in [5, 5.41) is 0.315. The molecule has 0 atom stereocenters. The van der Waals surface area contributed by atoms with E-state index in [4.69, 9.17) is 21.1 Å². The first-order valence-corrected chi connectivity index (χ1v) is 8.48. The molecule has 1 aliphatic rings. The van der Waals surface area contributed by atoms with E-state index in [1.54, 1.807) is 18.2 Å². The number of rotatable bonds is 4. The van der Waals surface area contributed by atoms with E-state index < -0.39 is 10.0 Å². The normalized spacial score (nSPS) is 13.4. The molecule has 0 fully saturated rings. The summed E-state index contributed by atoms with van der Waals surface area (Å²) >= 11 is 5.90. The molecule has 0 amide bonds. The van der Waals surface area contributed by atoms with E-state index in [1.165, 1.54) is 19.2 Å². The molecule has 1 N–H and O–H groups in total. The number of nitrogens with one attached hydrogen (secondary N) is 1. The first-order valence-electron chi connectivity index (χ1n) is 6.62.